The molecule has 0 N–H and O–H groups in total. The van der Waals surface area contributed by atoms with Gasteiger partial charge in [-0.1, -0.05) is 66.0 Å². The summed E-state index contributed by atoms with van der Waals surface area (Å²) in [4.78, 5) is 42.5. The van der Waals surface area contributed by atoms with Crippen molar-refractivity contribution in [3.8, 4) is 5.75 Å². The summed E-state index contributed by atoms with van der Waals surface area (Å²) in [7, 11) is 0. The van der Waals surface area contributed by atoms with E-state index in [2.05, 4.69) is 4.99 Å². The second kappa shape index (κ2) is 10.5. The molecule has 1 aromatic heterocycles. The zero-order chi connectivity index (χ0) is 24.9. The van der Waals surface area contributed by atoms with Crippen molar-refractivity contribution < 1.29 is 19.1 Å². The van der Waals surface area contributed by atoms with Crippen LogP contribution in [0.15, 0.2) is 81.7 Å². The highest BCUT2D eigenvalue weighted by Crippen LogP contribution is 2.26. The smallest absolute Gasteiger partial charge is 0.338 e. The largest absolute Gasteiger partial charge is 0.463 e. The third-order valence-electron chi connectivity index (χ3n) is 5.27. The molecule has 1 aliphatic heterocycles. The molecule has 178 valence electrons. The van der Waals surface area contributed by atoms with Crippen molar-refractivity contribution in [3.63, 3.8) is 0 Å². The predicted molar refractivity (Wildman–Crippen MR) is 135 cm³/mol. The minimum atomic E-state index is -0.654. The van der Waals surface area contributed by atoms with Gasteiger partial charge in [-0.05, 0) is 43.2 Å². The Kier molecular flexibility index (Phi) is 7.22. The SMILES string of the molecule is CCOC(=O)C1=C(C)N=c2s/c(=C\c3ccc(OC(C)=O)cc3)c(=O)n2[C@@H]1/C=C/c1ccccc1. The zero-order valence-electron chi connectivity index (χ0n) is 19.6. The van der Waals surface area contributed by atoms with E-state index in [0.29, 0.717) is 26.4 Å². The van der Waals surface area contributed by atoms with E-state index < -0.39 is 18.0 Å². The summed E-state index contributed by atoms with van der Waals surface area (Å²) >= 11 is 1.25. The van der Waals surface area contributed by atoms with Crippen LogP contribution in [0.1, 0.15) is 37.9 Å². The molecular formula is C27H24N2O5S. The van der Waals surface area contributed by atoms with Crippen molar-refractivity contribution in [2.24, 2.45) is 4.99 Å². The van der Waals surface area contributed by atoms with Crippen LogP contribution >= 0.6 is 11.3 Å². The van der Waals surface area contributed by atoms with Crippen molar-refractivity contribution in [3.05, 3.63) is 103 Å². The fourth-order valence-electron chi connectivity index (χ4n) is 3.73. The van der Waals surface area contributed by atoms with Crippen molar-refractivity contribution in [2.75, 3.05) is 6.61 Å². The first-order valence-corrected chi connectivity index (χ1v) is 11.9. The quantitative estimate of drug-likeness (QED) is 0.392. The van der Waals surface area contributed by atoms with Gasteiger partial charge in [-0.2, -0.15) is 0 Å². The molecule has 1 atom stereocenters. The third kappa shape index (κ3) is 5.38. The molecule has 1 aliphatic rings. The van der Waals surface area contributed by atoms with Gasteiger partial charge in [0, 0.05) is 6.92 Å². The van der Waals surface area contributed by atoms with Crippen LogP contribution in [-0.2, 0) is 14.3 Å². The maximum Gasteiger partial charge on any atom is 0.338 e. The van der Waals surface area contributed by atoms with Crippen LogP contribution in [-0.4, -0.2) is 23.1 Å². The average molecular weight is 489 g/mol. The second-order valence-electron chi connectivity index (χ2n) is 7.78. The Labute approximate surface area is 206 Å². The van der Waals surface area contributed by atoms with Crippen LogP contribution in [0.25, 0.3) is 12.2 Å². The van der Waals surface area contributed by atoms with Gasteiger partial charge in [0.15, 0.2) is 4.80 Å². The Morgan fingerprint density at radius 2 is 1.80 bits per heavy atom. The van der Waals surface area contributed by atoms with Gasteiger partial charge in [0.25, 0.3) is 5.56 Å². The molecule has 7 nitrogen and oxygen atoms in total. The van der Waals surface area contributed by atoms with Crippen LogP contribution < -0.4 is 19.6 Å². The predicted octanol–water partition coefficient (Wildman–Crippen LogP) is 3.39. The topological polar surface area (TPSA) is 87.0 Å². The fourth-order valence-corrected chi connectivity index (χ4v) is 4.79. The van der Waals surface area contributed by atoms with Crippen molar-refractivity contribution in [2.45, 2.75) is 26.8 Å². The molecule has 0 fully saturated rings. The first kappa shape index (κ1) is 24.1. The van der Waals surface area contributed by atoms with Crippen LogP contribution in [0.5, 0.6) is 5.75 Å². The molecule has 0 saturated carbocycles. The van der Waals surface area contributed by atoms with E-state index >= 15 is 0 Å². The number of hydrogen-bond donors (Lipinski definition) is 0. The summed E-state index contributed by atoms with van der Waals surface area (Å²) in [6.45, 7) is 5.05. The molecule has 2 aromatic carbocycles. The number of benzene rings is 2. The third-order valence-corrected chi connectivity index (χ3v) is 6.25. The highest BCUT2D eigenvalue weighted by Gasteiger charge is 2.30. The van der Waals surface area contributed by atoms with Gasteiger partial charge in [-0.15, -0.1) is 0 Å². The normalized spacial score (nSPS) is 15.6. The lowest BCUT2D eigenvalue weighted by molar-refractivity contribution is -0.139. The molecular weight excluding hydrogens is 464 g/mol. The Bertz CT molecular complexity index is 1500. The van der Waals surface area contributed by atoms with E-state index in [4.69, 9.17) is 9.47 Å². The molecule has 0 saturated heterocycles. The van der Waals surface area contributed by atoms with E-state index in [-0.39, 0.29) is 12.2 Å². The summed E-state index contributed by atoms with van der Waals surface area (Å²) in [5.74, 6) is -0.467. The van der Waals surface area contributed by atoms with E-state index in [1.54, 1.807) is 44.2 Å². The van der Waals surface area contributed by atoms with Crippen molar-refractivity contribution >= 4 is 35.4 Å². The molecule has 0 amide bonds. The van der Waals surface area contributed by atoms with E-state index in [0.717, 1.165) is 11.1 Å². The van der Waals surface area contributed by atoms with Crippen LogP contribution in [0.3, 0.4) is 0 Å². The van der Waals surface area contributed by atoms with E-state index in [9.17, 15) is 14.4 Å². The number of fused-ring (bicyclic) bond motifs is 1. The summed E-state index contributed by atoms with van der Waals surface area (Å²) in [6, 6.07) is 15.9. The van der Waals surface area contributed by atoms with Gasteiger partial charge in [0.05, 0.1) is 28.5 Å². The van der Waals surface area contributed by atoms with E-state index in [1.165, 1.54) is 22.8 Å². The Balaban J connectivity index is 1.80. The number of aromatic nitrogens is 1. The molecule has 0 aliphatic carbocycles. The van der Waals surface area contributed by atoms with Crippen molar-refractivity contribution in [1.29, 1.82) is 0 Å². The average Bonchev–Trinajstić information content (AvgIpc) is 3.13. The lowest BCUT2D eigenvalue weighted by atomic mass is 10.0. The number of nitrogens with zero attached hydrogens (tertiary/aromatic N) is 2. The van der Waals surface area contributed by atoms with Gasteiger partial charge in [0.2, 0.25) is 0 Å². The molecule has 0 radical (unpaired) electrons. The summed E-state index contributed by atoms with van der Waals surface area (Å²) in [6.07, 6.45) is 5.46. The van der Waals surface area contributed by atoms with Crippen LogP contribution in [0, 0.1) is 0 Å². The Morgan fingerprint density at radius 3 is 2.46 bits per heavy atom. The zero-order valence-corrected chi connectivity index (χ0v) is 20.4. The summed E-state index contributed by atoms with van der Waals surface area (Å²) < 4.78 is 12.4. The minimum absolute atomic E-state index is 0.221. The molecule has 35 heavy (non-hydrogen) atoms. The van der Waals surface area contributed by atoms with Gasteiger partial charge < -0.3 is 9.47 Å². The number of rotatable bonds is 6. The number of carbonyl (C=O) groups excluding carboxylic acids is 2. The number of ether oxygens (including phenoxy) is 2. The number of thiazole rings is 1. The Morgan fingerprint density at radius 1 is 1.09 bits per heavy atom. The standard InChI is InChI=1S/C27H24N2O5S/c1-4-33-26(32)24-17(2)28-27-29(22(24)15-12-19-8-6-5-7-9-19)25(31)23(35-27)16-20-10-13-21(14-11-20)34-18(3)30/h5-16,22H,4H2,1-3H3/b15-12+,23-16-/t22-/m1/s1. The lowest BCUT2D eigenvalue weighted by Crippen LogP contribution is -2.38. The molecule has 2 heterocycles. The molecule has 0 unspecified atom stereocenters. The van der Waals surface area contributed by atoms with Crippen molar-refractivity contribution in [1.82, 2.24) is 4.57 Å². The maximum atomic E-state index is 13.5. The second-order valence-corrected chi connectivity index (χ2v) is 8.79. The first-order valence-electron chi connectivity index (χ1n) is 11.1. The van der Waals surface area contributed by atoms with Gasteiger partial charge in [0.1, 0.15) is 5.75 Å². The minimum Gasteiger partial charge on any atom is -0.463 e. The number of esters is 2. The first-order chi connectivity index (χ1) is 16.9. The molecule has 0 spiro atoms. The van der Waals surface area contributed by atoms with Gasteiger partial charge in [-0.3, -0.25) is 14.2 Å². The number of allylic oxidation sites excluding steroid dienone is 2. The lowest BCUT2D eigenvalue weighted by Gasteiger charge is -2.21. The molecule has 4 rings (SSSR count). The van der Waals surface area contributed by atoms with Gasteiger partial charge in [-0.25, -0.2) is 9.79 Å². The van der Waals surface area contributed by atoms with E-state index in [1.807, 2.05) is 42.5 Å². The highest BCUT2D eigenvalue weighted by atomic mass is 32.1. The molecule has 8 heteroatoms. The monoisotopic (exact) mass is 488 g/mol. The summed E-state index contributed by atoms with van der Waals surface area (Å²) in [5, 5.41) is 0. The summed E-state index contributed by atoms with van der Waals surface area (Å²) in [5.41, 5.74) is 2.31. The highest BCUT2D eigenvalue weighted by molar-refractivity contribution is 7.07. The maximum absolute atomic E-state index is 13.5. The number of hydrogen-bond acceptors (Lipinski definition) is 7. The van der Waals surface area contributed by atoms with Crippen LogP contribution in [0.4, 0.5) is 0 Å². The van der Waals surface area contributed by atoms with Gasteiger partial charge >= 0.3 is 11.9 Å². The molecule has 0 bridgehead atoms. The van der Waals surface area contributed by atoms with Crippen LogP contribution in [0.2, 0.25) is 0 Å². The number of carbonyl (C=O) groups is 2. The molecule has 3 aromatic rings. The Hall–Kier alpha value is -4.04. The fraction of sp³-hybridized carbons (Fsp3) is 0.185.